The van der Waals surface area contributed by atoms with Gasteiger partial charge in [-0.1, -0.05) is 12.1 Å². The molecule has 0 unspecified atom stereocenters. The van der Waals surface area contributed by atoms with Crippen molar-refractivity contribution in [2.75, 3.05) is 0 Å². The Hall–Kier alpha value is -2.68. The van der Waals surface area contributed by atoms with Gasteiger partial charge in [0.05, 0.1) is 0 Å². The van der Waals surface area contributed by atoms with E-state index in [0.717, 1.165) is 5.52 Å². The van der Waals surface area contributed by atoms with Crippen LogP contribution in [0.2, 0.25) is 0 Å². The maximum Gasteiger partial charge on any atom is 0.325 e. The van der Waals surface area contributed by atoms with E-state index in [4.69, 9.17) is 9.68 Å². The van der Waals surface area contributed by atoms with Crippen molar-refractivity contribution in [1.29, 1.82) is 5.26 Å². The van der Waals surface area contributed by atoms with Crippen molar-refractivity contribution in [3.8, 4) is 12.1 Å². The lowest BCUT2D eigenvalue weighted by atomic mass is 10.3. The zero-order valence-electron chi connectivity index (χ0n) is 8.03. The van der Waals surface area contributed by atoms with Gasteiger partial charge in [0.15, 0.2) is 5.58 Å². The van der Waals surface area contributed by atoms with Crippen LogP contribution in [-0.2, 0) is 0 Å². The predicted molar refractivity (Wildman–Crippen MR) is 53.6 cm³/mol. The second-order valence-electron chi connectivity index (χ2n) is 3.09. The highest BCUT2D eigenvalue weighted by Gasteiger charge is 2.09. The molecule has 0 aliphatic carbocycles. The normalized spacial score (nSPS) is 10.4. The summed E-state index contributed by atoms with van der Waals surface area (Å²) >= 11 is 0. The van der Waals surface area contributed by atoms with Gasteiger partial charge in [-0.15, -0.1) is 5.10 Å². The number of hydrogen-bond donors (Lipinski definition) is 0. The third-order valence-corrected chi connectivity index (χ3v) is 2.07. The summed E-state index contributed by atoms with van der Waals surface area (Å²) < 4.78 is 6.78. The summed E-state index contributed by atoms with van der Waals surface area (Å²) in [5.41, 5.74) is 1.41. The van der Waals surface area contributed by atoms with Crippen molar-refractivity contribution < 1.29 is 4.42 Å². The van der Waals surface area contributed by atoms with E-state index in [2.05, 4.69) is 15.1 Å². The highest BCUT2D eigenvalue weighted by molar-refractivity contribution is 5.73. The van der Waals surface area contributed by atoms with Crippen LogP contribution in [0, 0.1) is 11.3 Å². The molecule has 0 amide bonds. The first-order chi connectivity index (χ1) is 7.86. The van der Waals surface area contributed by atoms with Gasteiger partial charge in [-0.3, -0.25) is 0 Å². The Morgan fingerprint density at radius 2 is 2.19 bits per heavy atom. The first-order valence-electron chi connectivity index (χ1n) is 4.54. The van der Waals surface area contributed by atoms with E-state index in [1.54, 1.807) is 0 Å². The van der Waals surface area contributed by atoms with Crippen molar-refractivity contribution in [2.24, 2.45) is 0 Å². The number of nitrogens with zero attached hydrogens (tertiary/aromatic N) is 5. The van der Waals surface area contributed by atoms with E-state index in [-0.39, 0.29) is 5.82 Å². The van der Waals surface area contributed by atoms with E-state index in [9.17, 15) is 0 Å². The molecule has 3 rings (SSSR count). The van der Waals surface area contributed by atoms with Gasteiger partial charge in [0.1, 0.15) is 17.9 Å². The highest BCUT2D eigenvalue weighted by Crippen LogP contribution is 2.16. The summed E-state index contributed by atoms with van der Waals surface area (Å²) in [7, 11) is 0. The molecular weight excluding hydrogens is 206 g/mol. The Morgan fingerprint density at radius 3 is 2.94 bits per heavy atom. The molecule has 2 heterocycles. The molecule has 0 bridgehead atoms. The van der Waals surface area contributed by atoms with Crippen molar-refractivity contribution in [2.45, 2.75) is 0 Å². The molecule has 0 N–H and O–H groups in total. The molecule has 6 nitrogen and oxygen atoms in total. The summed E-state index contributed by atoms with van der Waals surface area (Å²) in [6.45, 7) is 0. The molecule has 16 heavy (non-hydrogen) atoms. The fourth-order valence-corrected chi connectivity index (χ4v) is 1.36. The van der Waals surface area contributed by atoms with Crippen LogP contribution in [0.4, 0.5) is 0 Å². The van der Waals surface area contributed by atoms with Crippen LogP contribution in [-0.4, -0.2) is 19.7 Å². The lowest BCUT2D eigenvalue weighted by Crippen LogP contribution is -1.94. The van der Waals surface area contributed by atoms with Crippen LogP contribution >= 0.6 is 0 Å². The van der Waals surface area contributed by atoms with Crippen LogP contribution in [0.1, 0.15) is 5.82 Å². The minimum Gasteiger partial charge on any atom is -0.422 e. The predicted octanol–water partition coefficient (Wildman–Crippen LogP) is 1.28. The molecule has 1 aromatic carbocycles. The van der Waals surface area contributed by atoms with Gasteiger partial charge in [-0.2, -0.15) is 14.9 Å². The van der Waals surface area contributed by atoms with Gasteiger partial charge in [-0.25, -0.2) is 4.98 Å². The third-order valence-electron chi connectivity index (χ3n) is 2.07. The number of fused-ring (bicyclic) bond motifs is 1. The largest absolute Gasteiger partial charge is 0.422 e. The molecular formula is C10H5N5O. The van der Waals surface area contributed by atoms with Gasteiger partial charge in [0, 0.05) is 0 Å². The van der Waals surface area contributed by atoms with Gasteiger partial charge in [0.2, 0.25) is 0 Å². The van der Waals surface area contributed by atoms with Crippen molar-refractivity contribution in [3.63, 3.8) is 0 Å². The van der Waals surface area contributed by atoms with Gasteiger partial charge in [-0.05, 0) is 12.1 Å². The zero-order valence-corrected chi connectivity index (χ0v) is 8.03. The molecule has 6 heteroatoms. The smallest absolute Gasteiger partial charge is 0.325 e. The Labute approximate surface area is 89.8 Å². The molecule has 76 valence electrons. The molecule has 0 saturated carbocycles. The van der Waals surface area contributed by atoms with Crippen LogP contribution in [0.15, 0.2) is 35.0 Å². The Kier molecular flexibility index (Phi) is 1.71. The summed E-state index contributed by atoms with van der Waals surface area (Å²) in [6, 6.07) is 9.52. The molecule has 0 aliphatic heterocycles. The minimum atomic E-state index is 0.0854. The first-order valence-corrected chi connectivity index (χ1v) is 4.54. The molecule has 0 atom stereocenters. The lowest BCUT2D eigenvalue weighted by molar-refractivity contribution is 0.542. The summed E-state index contributed by atoms with van der Waals surface area (Å²) in [5.74, 6) is 0.0854. The van der Waals surface area contributed by atoms with Gasteiger partial charge in [0.25, 0.3) is 5.82 Å². The van der Waals surface area contributed by atoms with E-state index in [1.807, 2.05) is 30.3 Å². The lowest BCUT2D eigenvalue weighted by Gasteiger charge is -1.88. The Balaban J connectivity index is 2.15. The maximum atomic E-state index is 8.60. The molecule has 0 radical (unpaired) electrons. The number of hydrogen-bond acceptors (Lipinski definition) is 5. The van der Waals surface area contributed by atoms with Gasteiger partial charge >= 0.3 is 6.01 Å². The van der Waals surface area contributed by atoms with Crippen molar-refractivity contribution >= 4 is 11.1 Å². The van der Waals surface area contributed by atoms with Crippen LogP contribution in [0.5, 0.6) is 0 Å². The average Bonchev–Trinajstić information content (AvgIpc) is 2.95. The van der Waals surface area contributed by atoms with E-state index in [1.165, 1.54) is 11.0 Å². The molecule has 2 aromatic heterocycles. The number of aromatic nitrogens is 4. The molecule has 0 saturated heterocycles. The van der Waals surface area contributed by atoms with E-state index in [0.29, 0.717) is 11.6 Å². The van der Waals surface area contributed by atoms with E-state index < -0.39 is 0 Å². The van der Waals surface area contributed by atoms with Crippen molar-refractivity contribution in [1.82, 2.24) is 19.7 Å². The standard InChI is InChI=1S/C10H5N5O/c11-5-9-12-6-15(14-9)10-13-7-3-1-2-4-8(7)16-10/h1-4,6H. The number of nitriles is 1. The monoisotopic (exact) mass is 211 g/mol. The topological polar surface area (TPSA) is 80.5 Å². The number of para-hydroxylation sites is 2. The minimum absolute atomic E-state index is 0.0854. The van der Waals surface area contributed by atoms with Gasteiger partial charge < -0.3 is 4.42 Å². The van der Waals surface area contributed by atoms with Crippen molar-refractivity contribution in [3.05, 3.63) is 36.4 Å². The summed E-state index contributed by atoms with van der Waals surface area (Å²) in [6.07, 6.45) is 1.39. The van der Waals surface area contributed by atoms with Crippen LogP contribution in [0.25, 0.3) is 17.1 Å². The summed E-state index contributed by atoms with van der Waals surface area (Å²) in [4.78, 5) is 7.99. The SMILES string of the molecule is N#Cc1ncn(-c2nc3ccccc3o2)n1. The van der Waals surface area contributed by atoms with Crippen LogP contribution in [0.3, 0.4) is 0 Å². The third kappa shape index (κ3) is 1.23. The fraction of sp³-hybridized carbons (Fsp3) is 0. The molecule has 0 fully saturated rings. The number of oxazole rings is 1. The van der Waals surface area contributed by atoms with E-state index >= 15 is 0 Å². The first kappa shape index (κ1) is 8.61. The molecule has 0 aliphatic rings. The molecule has 3 aromatic rings. The molecule has 0 spiro atoms. The fourth-order valence-electron chi connectivity index (χ4n) is 1.36. The highest BCUT2D eigenvalue weighted by atomic mass is 16.4. The average molecular weight is 211 g/mol. The number of benzene rings is 1. The second kappa shape index (κ2) is 3.17. The summed E-state index contributed by atoms with van der Waals surface area (Å²) in [5, 5.41) is 12.5. The van der Waals surface area contributed by atoms with Crippen LogP contribution < -0.4 is 0 Å². The number of rotatable bonds is 1. The Morgan fingerprint density at radius 1 is 1.31 bits per heavy atom. The quantitative estimate of drug-likeness (QED) is 0.605. The Bertz CT molecular complexity index is 657. The second-order valence-corrected chi connectivity index (χ2v) is 3.09. The maximum absolute atomic E-state index is 8.60. The zero-order chi connectivity index (χ0) is 11.0.